The summed E-state index contributed by atoms with van der Waals surface area (Å²) in [5.41, 5.74) is 3.12. The maximum absolute atomic E-state index is 11.4. The lowest BCUT2D eigenvalue weighted by molar-refractivity contribution is -0.132. The summed E-state index contributed by atoms with van der Waals surface area (Å²) < 4.78 is 1.05. The van der Waals surface area contributed by atoms with Crippen LogP contribution in [0.3, 0.4) is 0 Å². The smallest absolute Gasteiger partial charge is 0.249 e. The Morgan fingerprint density at radius 1 is 1.50 bits per heavy atom. The summed E-state index contributed by atoms with van der Waals surface area (Å²) in [5.74, 6) is -0.180. The van der Waals surface area contributed by atoms with Crippen LogP contribution < -0.4 is 5.48 Å². The lowest BCUT2D eigenvalue weighted by atomic mass is 10.3. The molecule has 0 aliphatic heterocycles. The summed E-state index contributed by atoms with van der Waals surface area (Å²) in [5, 5.41) is 4.84. The topological polar surface area (TPSA) is 51.2 Å². The normalized spacial score (nSPS) is 10.6. The molecule has 1 N–H and O–H groups in total. The number of hydrogen-bond donors (Lipinski definition) is 1. The third kappa shape index (κ3) is 3.61. The molecule has 0 saturated heterocycles. The zero-order chi connectivity index (χ0) is 13.0. The Hall–Kier alpha value is -0.760. The molecule has 2 aromatic rings. The van der Waals surface area contributed by atoms with Crippen molar-refractivity contribution in [3.8, 4) is 9.88 Å². The van der Waals surface area contributed by atoms with E-state index < -0.39 is 0 Å². The molecule has 0 aromatic carbocycles. The number of halogens is 1. The van der Waals surface area contributed by atoms with E-state index in [1.165, 1.54) is 11.3 Å². The molecule has 0 radical (unpaired) electrons. The molecule has 18 heavy (non-hydrogen) atoms. The maximum atomic E-state index is 11.4. The van der Waals surface area contributed by atoms with E-state index in [9.17, 15) is 4.79 Å². The summed E-state index contributed by atoms with van der Waals surface area (Å²) >= 11 is 6.58. The van der Waals surface area contributed by atoms with Crippen molar-refractivity contribution in [2.24, 2.45) is 0 Å². The van der Waals surface area contributed by atoms with Gasteiger partial charge in [0.2, 0.25) is 5.91 Å². The number of rotatable bonds is 5. The van der Waals surface area contributed by atoms with E-state index >= 15 is 0 Å². The van der Waals surface area contributed by atoms with E-state index in [-0.39, 0.29) is 12.3 Å². The Labute approximate surface area is 121 Å². The fourth-order valence-electron chi connectivity index (χ4n) is 1.28. The molecule has 2 heterocycles. The minimum atomic E-state index is -0.180. The van der Waals surface area contributed by atoms with Gasteiger partial charge in [0, 0.05) is 15.2 Å². The number of aromatic nitrogens is 1. The highest BCUT2D eigenvalue weighted by Crippen LogP contribution is 2.31. The zero-order valence-electron chi connectivity index (χ0n) is 9.60. The van der Waals surface area contributed by atoms with Crippen molar-refractivity contribution >= 4 is 44.5 Å². The molecular weight excluding hydrogens is 336 g/mol. The number of thiazole rings is 1. The van der Waals surface area contributed by atoms with Crippen LogP contribution in [0.15, 0.2) is 21.3 Å². The van der Waals surface area contributed by atoms with Crippen LogP contribution in [0.25, 0.3) is 9.88 Å². The highest BCUT2D eigenvalue weighted by atomic mass is 79.9. The minimum Gasteiger partial charge on any atom is -0.274 e. The van der Waals surface area contributed by atoms with Crippen molar-refractivity contribution < 1.29 is 9.63 Å². The van der Waals surface area contributed by atoms with Crippen molar-refractivity contribution in [3.05, 3.63) is 27.0 Å². The fraction of sp³-hybridized carbons (Fsp3) is 0.273. The Morgan fingerprint density at radius 3 is 3.00 bits per heavy atom. The van der Waals surface area contributed by atoms with Gasteiger partial charge in [0.25, 0.3) is 0 Å². The van der Waals surface area contributed by atoms with Gasteiger partial charge in [0.1, 0.15) is 5.01 Å². The van der Waals surface area contributed by atoms with E-state index in [0.717, 1.165) is 20.1 Å². The van der Waals surface area contributed by atoms with Crippen molar-refractivity contribution in [1.82, 2.24) is 10.5 Å². The molecule has 2 rings (SSSR count). The summed E-state index contributed by atoms with van der Waals surface area (Å²) in [4.78, 5) is 21.8. The van der Waals surface area contributed by atoms with Gasteiger partial charge in [-0.05, 0) is 28.9 Å². The molecule has 7 heteroatoms. The third-order valence-electron chi connectivity index (χ3n) is 2.00. The second-order valence-corrected chi connectivity index (χ2v) is 6.09. The van der Waals surface area contributed by atoms with Gasteiger partial charge in [-0.15, -0.1) is 22.7 Å². The number of amides is 1. The Balaban J connectivity index is 2.00. The predicted octanol–water partition coefficient (Wildman–Crippen LogP) is 3.24. The first kappa shape index (κ1) is 13.7. The summed E-state index contributed by atoms with van der Waals surface area (Å²) in [6.07, 6.45) is 0.239. The summed E-state index contributed by atoms with van der Waals surface area (Å²) in [6.45, 7) is 2.27. The molecule has 0 bridgehead atoms. The number of carbonyl (C=O) groups is 1. The molecule has 0 atom stereocenters. The number of hydrogen-bond acceptors (Lipinski definition) is 5. The molecular formula is C11H11BrN2O2S2. The van der Waals surface area contributed by atoms with Crippen LogP contribution in [-0.4, -0.2) is 17.5 Å². The summed E-state index contributed by atoms with van der Waals surface area (Å²) in [7, 11) is 0. The van der Waals surface area contributed by atoms with Crippen LogP contribution in [0, 0.1) is 0 Å². The number of carbonyl (C=O) groups excluding carboxylic acids is 1. The van der Waals surface area contributed by atoms with Crippen molar-refractivity contribution in [2.75, 3.05) is 6.61 Å². The minimum absolute atomic E-state index is 0.180. The summed E-state index contributed by atoms with van der Waals surface area (Å²) in [6, 6.07) is 2.02. The van der Waals surface area contributed by atoms with Crippen LogP contribution >= 0.6 is 38.6 Å². The number of nitrogens with zero attached hydrogens (tertiary/aromatic N) is 1. The Morgan fingerprint density at radius 2 is 2.33 bits per heavy atom. The highest BCUT2D eigenvalue weighted by molar-refractivity contribution is 9.10. The molecule has 2 aromatic heterocycles. The zero-order valence-corrected chi connectivity index (χ0v) is 12.8. The van der Waals surface area contributed by atoms with Gasteiger partial charge in [-0.1, -0.05) is 0 Å². The quantitative estimate of drug-likeness (QED) is 0.845. The highest BCUT2D eigenvalue weighted by Gasteiger charge is 2.10. The largest absolute Gasteiger partial charge is 0.274 e. The van der Waals surface area contributed by atoms with Crippen LogP contribution in [0.5, 0.6) is 0 Å². The van der Waals surface area contributed by atoms with Gasteiger partial charge in [-0.2, -0.15) is 0 Å². The fourth-order valence-corrected chi connectivity index (χ4v) is 3.61. The monoisotopic (exact) mass is 346 g/mol. The second kappa shape index (κ2) is 6.42. The van der Waals surface area contributed by atoms with Gasteiger partial charge in [-0.25, -0.2) is 10.5 Å². The van der Waals surface area contributed by atoms with Gasteiger partial charge in [-0.3, -0.25) is 9.63 Å². The van der Waals surface area contributed by atoms with Crippen LogP contribution in [0.4, 0.5) is 0 Å². The lowest BCUT2D eigenvalue weighted by Crippen LogP contribution is -2.25. The van der Waals surface area contributed by atoms with Crippen molar-refractivity contribution in [2.45, 2.75) is 13.3 Å². The maximum Gasteiger partial charge on any atom is 0.249 e. The first-order chi connectivity index (χ1) is 8.69. The second-order valence-electron chi connectivity index (χ2n) is 3.41. The molecule has 1 amide bonds. The predicted molar refractivity (Wildman–Crippen MR) is 76.6 cm³/mol. The molecule has 96 valence electrons. The molecule has 0 saturated carbocycles. The van der Waals surface area contributed by atoms with E-state index in [4.69, 9.17) is 4.84 Å². The average Bonchev–Trinajstić information content (AvgIpc) is 2.95. The molecule has 0 aliphatic rings. The number of hydroxylamine groups is 1. The van der Waals surface area contributed by atoms with Crippen LogP contribution in [0.1, 0.15) is 12.6 Å². The average molecular weight is 347 g/mol. The first-order valence-corrected chi connectivity index (χ1v) is 7.83. The van der Waals surface area contributed by atoms with Gasteiger partial charge >= 0.3 is 0 Å². The van der Waals surface area contributed by atoms with Crippen molar-refractivity contribution in [1.29, 1.82) is 0 Å². The van der Waals surface area contributed by atoms with E-state index in [1.54, 1.807) is 11.3 Å². The molecule has 0 spiro atoms. The first-order valence-electron chi connectivity index (χ1n) is 5.28. The van der Waals surface area contributed by atoms with Crippen molar-refractivity contribution in [3.63, 3.8) is 0 Å². The molecule has 0 aliphatic carbocycles. The van der Waals surface area contributed by atoms with Gasteiger partial charge in [0.15, 0.2) is 0 Å². The third-order valence-corrected chi connectivity index (χ3v) is 4.75. The molecule has 0 unspecified atom stereocenters. The number of nitrogens with one attached hydrogen (secondary N) is 1. The molecule has 0 fully saturated rings. The SMILES string of the molecule is CCONC(=O)Cc1csc(-c2cc(Br)cs2)n1. The van der Waals surface area contributed by atoms with E-state index in [2.05, 4.69) is 26.4 Å². The van der Waals surface area contributed by atoms with Crippen LogP contribution in [0.2, 0.25) is 0 Å². The lowest BCUT2D eigenvalue weighted by Gasteiger charge is -2.00. The van der Waals surface area contributed by atoms with E-state index in [1.807, 2.05) is 23.8 Å². The van der Waals surface area contributed by atoms with Gasteiger partial charge in [0.05, 0.1) is 23.6 Å². The standard InChI is InChI=1S/C11H11BrN2O2S2/c1-2-16-14-10(15)4-8-6-18-11(13-8)9-3-7(12)5-17-9/h3,5-6H,2,4H2,1H3,(H,14,15). The Bertz CT molecular complexity index is 539. The van der Waals surface area contributed by atoms with Crippen LogP contribution in [-0.2, 0) is 16.1 Å². The number of thiophene rings is 1. The van der Waals surface area contributed by atoms with Gasteiger partial charge < -0.3 is 0 Å². The van der Waals surface area contributed by atoms with E-state index in [0.29, 0.717) is 6.61 Å². The molecule has 4 nitrogen and oxygen atoms in total. The Kier molecular flexibility index (Phi) is 4.87.